The zero-order chi connectivity index (χ0) is 42.1. The van der Waals surface area contributed by atoms with Gasteiger partial charge in [-0.3, -0.25) is 18.9 Å². The lowest BCUT2D eigenvalue weighted by atomic mass is 9.77. The molecule has 3 aliphatic rings. The molecular weight excluding hydrogens is 770 g/mol. The fraction of sp³-hybridized carbons (Fsp3) is 0.447. The normalized spacial score (nSPS) is 23.4. The molecule has 0 radical (unpaired) electrons. The summed E-state index contributed by atoms with van der Waals surface area (Å²) >= 11 is 0. The van der Waals surface area contributed by atoms with Gasteiger partial charge in [0.25, 0.3) is 0 Å². The van der Waals surface area contributed by atoms with Crippen LogP contribution in [0.15, 0.2) is 91.5 Å². The number of allylic oxidation sites excluding steroid dienone is 1. The van der Waals surface area contributed by atoms with Gasteiger partial charge >= 0.3 is 5.97 Å². The second-order valence-electron chi connectivity index (χ2n) is 17.5. The highest BCUT2D eigenvalue weighted by atomic mass is 31.2. The number of hydrogen-bond acceptors (Lipinski definition) is 8. The molecule has 2 aliphatic carbocycles. The third-order valence-corrected chi connectivity index (χ3v) is 15.3. The van der Waals surface area contributed by atoms with Crippen molar-refractivity contribution >= 4 is 35.9 Å². The summed E-state index contributed by atoms with van der Waals surface area (Å²) in [7, 11) is -2.43. The molecule has 7 rings (SSSR count). The first kappa shape index (κ1) is 42.3. The van der Waals surface area contributed by atoms with Crippen molar-refractivity contribution in [3.8, 4) is 22.8 Å². The van der Waals surface area contributed by atoms with E-state index >= 15 is 4.39 Å². The molecule has 1 amide bonds. The second-order valence-corrected chi connectivity index (χ2v) is 20.1. The maximum Gasteiger partial charge on any atom is 0.306 e. The number of rotatable bonds is 15. The van der Waals surface area contributed by atoms with Crippen LogP contribution in [0.5, 0.6) is 11.5 Å². The van der Waals surface area contributed by atoms with Gasteiger partial charge in [0.2, 0.25) is 13.3 Å². The number of amides is 1. The molecule has 3 aromatic carbocycles. The van der Waals surface area contributed by atoms with E-state index in [0.29, 0.717) is 40.1 Å². The average Bonchev–Trinajstić information content (AvgIpc) is 3.45. The minimum absolute atomic E-state index is 0.00713. The SMILES string of the molecule is C=C[C@@H]1C[C@]1(CC(=O)[C@@H]1C[C@@H](Oc2cc(-c3ccccc3F)nc3cc(OC)ccc23)CN1C(=O)[C@@H](CC(=O)OC1CCCC1)C(C)(C)C)P(=O)(O)Cc1ccccc1. The smallest absolute Gasteiger partial charge is 0.306 e. The van der Waals surface area contributed by atoms with Crippen LogP contribution < -0.4 is 9.47 Å². The number of aromatic nitrogens is 1. The lowest BCUT2D eigenvalue weighted by Crippen LogP contribution is -2.48. The van der Waals surface area contributed by atoms with Gasteiger partial charge in [0, 0.05) is 35.9 Å². The third-order valence-electron chi connectivity index (χ3n) is 12.5. The molecule has 4 aromatic rings. The van der Waals surface area contributed by atoms with Gasteiger partial charge < -0.3 is 24.0 Å². The Morgan fingerprint density at radius 1 is 1.03 bits per heavy atom. The summed E-state index contributed by atoms with van der Waals surface area (Å²) in [5.41, 5.74) is 1.10. The van der Waals surface area contributed by atoms with Gasteiger partial charge in [-0.05, 0) is 73.3 Å². The fourth-order valence-electron chi connectivity index (χ4n) is 8.95. The van der Waals surface area contributed by atoms with Crippen LogP contribution in [0, 0.1) is 23.1 Å². The topological polar surface area (TPSA) is 132 Å². The van der Waals surface area contributed by atoms with E-state index in [1.807, 2.05) is 39.0 Å². The number of ether oxygens (including phenoxy) is 3. The number of Topliss-reactive ketones (excluding diaryl/α,β-unsaturated/α-hetero) is 1. The summed E-state index contributed by atoms with van der Waals surface area (Å²) in [6.45, 7) is 9.60. The van der Waals surface area contributed by atoms with Crippen molar-refractivity contribution in [2.24, 2.45) is 17.3 Å². The number of carbonyl (C=O) groups excluding carboxylic acids is 3. The minimum atomic E-state index is -3.97. The van der Waals surface area contributed by atoms with Gasteiger partial charge in [-0.2, -0.15) is 0 Å². The van der Waals surface area contributed by atoms with Gasteiger partial charge in [-0.1, -0.05) is 69.3 Å². The van der Waals surface area contributed by atoms with E-state index < -0.39 is 47.8 Å². The standard InChI is InChI=1S/C47H54FN2O8P/c1-6-31-26-47(31,59(54,55)29-30-14-8-7-9-15-30)27-42(51)41-23-34(28-50(41)45(53)37(46(2,3)4)24-44(52)58-32-16-10-11-17-32)57-43-25-40(35-18-12-13-19-38(35)48)49-39-22-33(56-5)20-21-36(39)43/h6-9,12-15,18-22,25,31-32,34,37,41H,1,10-11,16-17,23-24,26-29H2,2-5H3,(H,54,55)/t31-,34-,37-,41+,47-/m1/s1. The number of methoxy groups -OCH3 is 1. The van der Waals surface area contributed by atoms with Crippen molar-refractivity contribution in [2.75, 3.05) is 13.7 Å². The van der Waals surface area contributed by atoms with Crippen LogP contribution in [0.25, 0.3) is 22.2 Å². The lowest BCUT2D eigenvalue weighted by molar-refractivity contribution is -0.156. The Morgan fingerprint density at radius 3 is 2.41 bits per heavy atom. The van der Waals surface area contributed by atoms with E-state index in [4.69, 9.17) is 19.2 Å². The molecule has 0 spiro atoms. The molecule has 1 aromatic heterocycles. The fourth-order valence-corrected chi connectivity index (χ4v) is 11.5. The lowest BCUT2D eigenvalue weighted by Gasteiger charge is -2.35. The van der Waals surface area contributed by atoms with Gasteiger partial charge in [0.05, 0.1) is 54.6 Å². The largest absolute Gasteiger partial charge is 0.497 e. The molecule has 59 heavy (non-hydrogen) atoms. The number of fused-ring (bicyclic) bond motifs is 1. The van der Waals surface area contributed by atoms with Crippen molar-refractivity contribution in [1.82, 2.24) is 9.88 Å². The first-order chi connectivity index (χ1) is 28.1. The quantitative estimate of drug-likeness (QED) is 0.0708. The molecule has 312 valence electrons. The molecule has 0 bridgehead atoms. The maximum atomic E-state index is 15.1. The molecule has 6 atom stereocenters. The maximum absolute atomic E-state index is 15.1. The number of ketones is 1. The van der Waals surface area contributed by atoms with E-state index in [-0.39, 0.29) is 61.2 Å². The third kappa shape index (κ3) is 9.02. The molecule has 1 N–H and O–H groups in total. The number of benzene rings is 3. The summed E-state index contributed by atoms with van der Waals surface area (Å²) in [5.74, 6) is -1.91. The Hall–Kier alpha value is -4.86. The van der Waals surface area contributed by atoms with E-state index in [1.54, 1.807) is 67.8 Å². The zero-order valence-electron chi connectivity index (χ0n) is 34.3. The number of hydrogen-bond donors (Lipinski definition) is 1. The highest BCUT2D eigenvalue weighted by Gasteiger charge is 2.65. The molecule has 1 aliphatic heterocycles. The monoisotopic (exact) mass is 824 g/mol. The molecule has 12 heteroatoms. The summed E-state index contributed by atoms with van der Waals surface area (Å²) < 4.78 is 47.5. The number of nitrogens with zero attached hydrogens (tertiary/aromatic N) is 2. The molecule has 10 nitrogen and oxygen atoms in total. The van der Waals surface area contributed by atoms with Crippen molar-refractivity contribution in [1.29, 1.82) is 0 Å². The molecule has 2 saturated carbocycles. The van der Waals surface area contributed by atoms with Crippen molar-refractivity contribution in [3.63, 3.8) is 0 Å². The van der Waals surface area contributed by atoms with Crippen LogP contribution in [0.2, 0.25) is 0 Å². The van der Waals surface area contributed by atoms with Crippen molar-refractivity contribution < 1.29 is 42.4 Å². The molecule has 1 unspecified atom stereocenters. The van der Waals surface area contributed by atoms with Crippen LogP contribution in [0.3, 0.4) is 0 Å². The van der Waals surface area contributed by atoms with E-state index in [0.717, 1.165) is 25.7 Å². The van der Waals surface area contributed by atoms with Crippen LogP contribution in [-0.4, -0.2) is 69.5 Å². The highest BCUT2D eigenvalue weighted by Crippen LogP contribution is 2.74. The summed E-state index contributed by atoms with van der Waals surface area (Å²) in [4.78, 5) is 61.0. The van der Waals surface area contributed by atoms with Crippen LogP contribution in [0.4, 0.5) is 4.39 Å². The molecule has 3 fully saturated rings. The second kappa shape index (κ2) is 17.0. The Morgan fingerprint density at radius 2 is 1.75 bits per heavy atom. The van der Waals surface area contributed by atoms with Gasteiger partial charge in [0.1, 0.15) is 29.5 Å². The Labute approximate surface area is 345 Å². The van der Waals surface area contributed by atoms with Crippen LogP contribution in [0.1, 0.15) is 77.7 Å². The van der Waals surface area contributed by atoms with E-state index in [9.17, 15) is 23.8 Å². The summed E-state index contributed by atoms with van der Waals surface area (Å²) in [6, 6.07) is 21.3. The average molecular weight is 825 g/mol. The predicted molar refractivity (Wildman–Crippen MR) is 225 cm³/mol. The molecule has 1 saturated heterocycles. The predicted octanol–water partition coefficient (Wildman–Crippen LogP) is 9.31. The molecule has 2 heterocycles. The number of likely N-dealkylation sites (tertiary alicyclic amines) is 1. The number of halogens is 1. The molecular formula is C47H54FN2O8P. The van der Waals surface area contributed by atoms with E-state index in [1.165, 1.54) is 11.0 Å². The first-order valence-corrected chi connectivity index (χ1v) is 22.4. The van der Waals surface area contributed by atoms with Crippen molar-refractivity contribution in [3.05, 3.63) is 103 Å². The van der Waals surface area contributed by atoms with Crippen LogP contribution >= 0.6 is 7.37 Å². The number of carbonyl (C=O) groups is 3. The number of esters is 1. The Kier molecular flexibility index (Phi) is 12.2. The van der Waals surface area contributed by atoms with Gasteiger partial charge in [-0.15, -0.1) is 6.58 Å². The van der Waals surface area contributed by atoms with Crippen molar-refractivity contribution in [2.45, 2.75) is 102 Å². The van der Waals surface area contributed by atoms with Gasteiger partial charge in [0.15, 0.2) is 5.78 Å². The Balaban J connectivity index is 1.23. The number of pyridine rings is 1. The van der Waals surface area contributed by atoms with E-state index in [2.05, 4.69) is 6.58 Å². The van der Waals surface area contributed by atoms with Gasteiger partial charge in [-0.25, -0.2) is 9.37 Å². The Bertz CT molecular complexity index is 2270. The minimum Gasteiger partial charge on any atom is -0.497 e. The summed E-state index contributed by atoms with van der Waals surface area (Å²) in [6.07, 6.45) is 4.26. The first-order valence-electron chi connectivity index (χ1n) is 20.5. The highest BCUT2D eigenvalue weighted by molar-refractivity contribution is 7.59. The zero-order valence-corrected chi connectivity index (χ0v) is 35.2. The summed E-state index contributed by atoms with van der Waals surface area (Å²) in [5, 5.41) is -0.604. The van der Waals surface area contributed by atoms with Crippen LogP contribution in [-0.2, 0) is 29.8 Å².